The van der Waals surface area contributed by atoms with E-state index in [9.17, 15) is 5.11 Å². The van der Waals surface area contributed by atoms with Crippen molar-refractivity contribution in [3.63, 3.8) is 0 Å². The third-order valence-corrected chi connectivity index (χ3v) is 4.88. The standard InChI is InChI=1S/C15H20BrNO2/c1-10(18)11-5-6-13(12(16)9-11)17-7-8-19-15-4-2-3-14(15)17/h5-6,9-10,14-15,18H,2-4,7-8H2,1H3/t10-,14?,15?/m0/s1. The summed E-state index contributed by atoms with van der Waals surface area (Å²) in [5.74, 6) is 0. The smallest absolute Gasteiger partial charge is 0.0779 e. The molecule has 1 heterocycles. The first-order valence-corrected chi connectivity index (χ1v) is 7.82. The fraction of sp³-hybridized carbons (Fsp3) is 0.600. The Balaban J connectivity index is 1.88. The molecule has 1 aromatic rings. The normalized spacial score (nSPS) is 28.3. The van der Waals surface area contributed by atoms with Crippen LogP contribution in [-0.4, -0.2) is 30.4 Å². The molecule has 4 heteroatoms. The lowest BCUT2D eigenvalue weighted by Crippen LogP contribution is -2.48. The summed E-state index contributed by atoms with van der Waals surface area (Å²) in [6.45, 7) is 3.56. The van der Waals surface area contributed by atoms with Gasteiger partial charge in [-0.15, -0.1) is 0 Å². The third-order valence-electron chi connectivity index (χ3n) is 4.25. The summed E-state index contributed by atoms with van der Waals surface area (Å²) in [6, 6.07) is 6.68. The summed E-state index contributed by atoms with van der Waals surface area (Å²) >= 11 is 3.65. The van der Waals surface area contributed by atoms with Gasteiger partial charge in [0, 0.05) is 11.0 Å². The maximum atomic E-state index is 9.65. The SMILES string of the molecule is C[C@H](O)c1ccc(N2CCOC3CCCC32)c(Br)c1. The van der Waals surface area contributed by atoms with Crippen molar-refractivity contribution in [3.8, 4) is 0 Å². The molecule has 3 nitrogen and oxygen atoms in total. The molecule has 1 saturated heterocycles. The lowest BCUT2D eigenvalue weighted by molar-refractivity contribution is 0.0256. The van der Waals surface area contributed by atoms with E-state index in [4.69, 9.17) is 4.74 Å². The van der Waals surface area contributed by atoms with Gasteiger partial charge >= 0.3 is 0 Å². The molecule has 1 saturated carbocycles. The number of aliphatic hydroxyl groups excluding tert-OH is 1. The first kappa shape index (κ1) is 13.4. The number of morpholine rings is 1. The van der Waals surface area contributed by atoms with Crippen molar-refractivity contribution in [3.05, 3.63) is 28.2 Å². The number of rotatable bonds is 2. The fourth-order valence-corrected chi connectivity index (χ4v) is 3.86. The maximum absolute atomic E-state index is 9.65. The molecule has 1 aromatic carbocycles. The average Bonchev–Trinajstić information content (AvgIpc) is 2.86. The number of hydrogen-bond acceptors (Lipinski definition) is 3. The molecule has 1 N–H and O–H groups in total. The Morgan fingerprint density at radius 3 is 3.00 bits per heavy atom. The highest BCUT2D eigenvalue weighted by Gasteiger charge is 2.36. The van der Waals surface area contributed by atoms with Crippen LogP contribution in [0.5, 0.6) is 0 Å². The molecule has 1 aliphatic carbocycles. The highest BCUT2D eigenvalue weighted by Crippen LogP contribution is 2.37. The first-order chi connectivity index (χ1) is 9.16. The van der Waals surface area contributed by atoms with Gasteiger partial charge in [-0.2, -0.15) is 0 Å². The van der Waals surface area contributed by atoms with Gasteiger partial charge in [0.2, 0.25) is 0 Å². The van der Waals surface area contributed by atoms with Crippen LogP contribution in [0.2, 0.25) is 0 Å². The molecule has 2 unspecified atom stereocenters. The number of anilines is 1. The predicted molar refractivity (Wildman–Crippen MR) is 79.5 cm³/mol. The van der Waals surface area contributed by atoms with Crippen LogP contribution in [-0.2, 0) is 4.74 Å². The quantitative estimate of drug-likeness (QED) is 0.905. The van der Waals surface area contributed by atoms with Crippen LogP contribution < -0.4 is 4.90 Å². The van der Waals surface area contributed by atoms with Gasteiger partial charge < -0.3 is 14.7 Å². The zero-order valence-corrected chi connectivity index (χ0v) is 12.8. The molecular formula is C15H20BrNO2. The summed E-state index contributed by atoms with van der Waals surface area (Å²) < 4.78 is 6.93. The Morgan fingerprint density at radius 1 is 1.42 bits per heavy atom. The lowest BCUT2D eigenvalue weighted by atomic mass is 10.1. The Hall–Kier alpha value is -0.580. The molecule has 104 valence electrons. The molecule has 0 radical (unpaired) electrons. The molecule has 0 amide bonds. The van der Waals surface area contributed by atoms with Gasteiger partial charge in [0.1, 0.15) is 0 Å². The molecule has 0 bridgehead atoms. The van der Waals surface area contributed by atoms with E-state index in [1.807, 2.05) is 12.1 Å². The second-order valence-corrected chi connectivity index (χ2v) is 6.34. The molecule has 0 spiro atoms. The number of hydrogen-bond donors (Lipinski definition) is 1. The van der Waals surface area contributed by atoms with Gasteiger partial charge in [-0.1, -0.05) is 6.07 Å². The summed E-state index contributed by atoms with van der Waals surface area (Å²) in [5.41, 5.74) is 2.18. The molecule has 3 rings (SSSR count). The minimum atomic E-state index is -0.422. The van der Waals surface area contributed by atoms with Crippen LogP contribution in [0.1, 0.15) is 37.9 Å². The Kier molecular flexibility index (Phi) is 3.83. The van der Waals surface area contributed by atoms with Crippen LogP contribution in [0.15, 0.2) is 22.7 Å². The average molecular weight is 326 g/mol. The van der Waals surface area contributed by atoms with E-state index in [1.165, 1.54) is 24.9 Å². The zero-order chi connectivity index (χ0) is 13.4. The topological polar surface area (TPSA) is 32.7 Å². The number of halogens is 1. The molecule has 1 aliphatic heterocycles. The third kappa shape index (κ3) is 2.54. The van der Waals surface area contributed by atoms with Gasteiger partial charge in [-0.05, 0) is 59.8 Å². The Morgan fingerprint density at radius 2 is 2.26 bits per heavy atom. The van der Waals surface area contributed by atoms with Crippen LogP contribution in [0.4, 0.5) is 5.69 Å². The Bertz CT molecular complexity index is 463. The molecule has 2 fully saturated rings. The predicted octanol–water partition coefficient (Wildman–Crippen LogP) is 3.26. The van der Waals surface area contributed by atoms with Crippen LogP contribution in [0, 0.1) is 0 Å². The van der Waals surface area contributed by atoms with E-state index >= 15 is 0 Å². The summed E-state index contributed by atoms with van der Waals surface area (Å²) in [4.78, 5) is 2.47. The molecule has 0 aromatic heterocycles. The van der Waals surface area contributed by atoms with Crippen LogP contribution >= 0.6 is 15.9 Å². The van der Waals surface area contributed by atoms with E-state index in [2.05, 4.69) is 26.9 Å². The summed E-state index contributed by atoms with van der Waals surface area (Å²) in [6.07, 6.45) is 3.64. The number of aliphatic hydroxyl groups is 1. The highest BCUT2D eigenvalue weighted by atomic mass is 79.9. The van der Waals surface area contributed by atoms with Crippen molar-refractivity contribution < 1.29 is 9.84 Å². The molecule has 3 atom stereocenters. The molecule has 19 heavy (non-hydrogen) atoms. The van der Waals surface area contributed by atoms with E-state index in [0.29, 0.717) is 12.1 Å². The molecule has 2 aliphatic rings. The van der Waals surface area contributed by atoms with Crippen LogP contribution in [0.25, 0.3) is 0 Å². The van der Waals surface area contributed by atoms with Gasteiger partial charge in [0.05, 0.1) is 30.5 Å². The van der Waals surface area contributed by atoms with Gasteiger partial charge in [0.25, 0.3) is 0 Å². The first-order valence-electron chi connectivity index (χ1n) is 7.02. The Labute approximate surface area is 122 Å². The minimum Gasteiger partial charge on any atom is -0.389 e. The van der Waals surface area contributed by atoms with Crippen molar-refractivity contribution in [1.82, 2.24) is 0 Å². The summed E-state index contributed by atoms with van der Waals surface area (Å²) in [5, 5.41) is 9.65. The van der Waals surface area contributed by atoms with Gasteiger partial charge in [0.15, 0.2) is 0 Å². The van der Waals surface area contributed by atoms with Gasteiger partial charge in [-0.25, -0.2) is 0 Å². The van der Waals surface area contributed by atoms with Crippen molar-refractivity contribution in [2.24, 2.45) is 0 Å². The fourth-order valence-electron chi connectivity index (χ4n) is 3.24. The maximum Gasteiger partial charge on any atom is 0.0779 e. The van der Waals surface area contributed by atoms with Crippen molar-refractivity contribution >= 4 is 21.6 Å². The van der Waals surface area contributed by atoms with Crippen molar-refractivity contribution in [2.45, 2.75) is 44.4 Å². The van der Waals surface area contributed by atoms with E-state index in [1.54, 1.807) is 6.92 Å². The van der Waals surface area contributed by atoms with Crippen LogP contribution in [0.3, 0.4) is 0 Å². The van der Waals surface area contributed by atoms with E-state index in [0.717, 1.165) is 23.2 Å². The summed E-state index contributed by atoms with van der Waals surface area (Å²) in [7, 11) is 0. The zero-order valence-electron chi connectivity index (χ0n) is 11.2. The monoisotopic (exact) mass is 325 g/mol. The van der Waals surface area contributed by atoms with Crippen molar-refractivity contribution in [2.75, 3.05) is 18.1 Å². The van der Waals surface area contributed by atoms with Crippen molar-refractivity contribution in [1.29, 1.82) is 0 Å². The van der Waals surface area contributed by atoms with E-state index < -0.39 is 6.10 Å². The molecular weight excluding hydrogens is 306 g/mol. The number of benzene rings is 1. The van der Waals surface area contributed by atoms with E-state index in [-0.39, 0.29) is 0 Å². The highest BCUT2D eigenvalue weighted by molar-refractivity contribution is 9.10. The van der Waals surface area contributed by atoms with Gasteiger partial charge in [-0.3, -0.25) is 0 Å². The number of nitrogens with zero attached hydrogens (tertiary/aromatic N) is 1. The largest absolute Gasteiger partial charge is 0.389 e. The minimum absolute atomic E-state index is 0.400. The second-order valence-electron chi connectivity index (χ2n) is 5.49. The second kappa shape index (κ2) is 5.43. The number of ether oxygens (including phenoxy) is 1. The number of fused-ring (bicyclic) bond motifs is 1. The lowest BCUT2D eigenvalue weighted by Gasteiger charge is -2.40.